The minimum absolute atomic E-state index is 0.00418. The van der Waals surface area contributed by atoms with E-state index in [9.17, 15) is 19.2 Å². The van der Waals surface area contributed by atoms with E-state index in [1.807, 2.05) is 0 Å². The summed E-state index contributed by atoms with van der Waals surface area (Å²) in [5.74, 6) is -4.14. The van der Waals surface area contributed by atoms with Crippen LogP contribution in [0.3, 0.4) is 0 Å². The average molecular weight is 336 g/mol. The highest BCUT2D eigenvalue weighted by Crippen LogP contribution is 2.14. The summed E-state index contributed by atoms with van der Waals surface area (Å²) in [6.45, 7) is 3.40. The van der Waals surface area contributed by atoms with E-state index >= 15 is 0 Å². The molecule has 8 nitrogen and oxygen atoms in total. The molecule has 1 aromatic carbocycles. The van der Waals surface area contributed by atoms with Crippen LogP contribution in [0.4, 0.5) is 0 Å². The Morgan fingerprint density at radius 3 is 2.12 bits per heavy atom. The van der Waals surface area contributed by atoms with Gasteiger partial charge in [-0.3, -0.25) is 0 Å². The second kappa shape index (κ2) is 9.09. The van der Waals surface area contributed by atoms with Gasteiger partial charge in [0.25, 0.3) is 0 Å². The van der Waals surface area contributed by atoms with Crippen LogP contribution in [-0.2, 0) is 14.3 Å². The first-order chi connectivity index (χ1) is 11.4. The zero-order chi connectivity index (χ0) is 18.1. The maximum absolute atomic E-state index is 11.9. The van der Waals surface area contributed by atoms with Gasteiger partial charge < -0.3 is 19.7 Å². The van der Waals surface area contributed by atoms with Gasteiger partial charge in [0.15, 0.2) is 0 Å². The fraction of sp³-hybridized carbons (Fsp3) is 0.250. The van der Waals surface area contributed by atoms with Crippen LogP contribution in [0.15, 0.2) is 30.9 Å². The molecule has 0 aliphatic carbocycles. The first kappa shape index (κ1) is 18.9. The summed E-state index contributed by atoms with van der Waals surface area (Å²) in [6.07, 6.45) is 1.90. The number of carbonyl (C=O) groups excluding carboxylic acids is 2. The maximum Gasteiger partial charge on any atom is 0.339 e. The number of carboxylic acid groups (broad SMARTS) is 2. The number of esters is 2. The number of hydrogen-bond donors (Lipinski definition) is 2. The van der Waals surface area contributed by atoms with Gasteiger partial charge in [0.1, 0.15) is 0 Å². The van der Waals surface area contributed by atoms with E-state index in [1.165, 1.54) is 0 Å². The molecule has 0 radical (unpaired) electrons. The van der Waals surface area contributed by atoms with Crippen molar-refractivity contribution in [3.05, 3.63) is 47.5 Å². The Kier molecular flexibility index (Phi) is 7.15. The van der Waals surface area contributed by atoms with Gasteiger partial charge in [-0.1, -0.05) is 6.58 Å². The van der Waals surface area contributed by atoms with Crippen molar-refractivity contribution in [2.75, 3.05) is 13.2 Å². The lowest BCUT2D eigenvalue weighted by Gasteiger charge is -2.08. The molecule has 2 N–H and O–H groups in total. The molecule has 1 rings (SSSR count). The second-order valence-electron chi connectivity index (χ2n) is 4.59. The molecule has 0 atom stereocenters. The largest absolute Gasteiger partial charge is 0.478 e. The number of benzene rings is 1. The van der Waals surface area contributed by atoms with Crippen LogP contribution in [0.25, 0.3) is 0 Å². The fourth-order valence-corrected chi connectivity index (χ4v) is 1.71. The summed E-state index contributed by atoms with van der Waals surface area (Å²) < 4.78 is 9.68. The van der Waals surface area contributed by atoms with Crippen molar-refractivity contribution in [3.63, 3.8) is 0 Å². The zero-order valence-corrected chi connectivity index (χ0v) is 12.7. The molecule has 8 heteroatoms. The van der Waals surface area contributed by atoms with Crippen molar-refractivity contribution in [1.82, 2.24) is 0 Å². The van der Waals surface area contributed by atoms with Gasteiger partial charge in [0.2, 0.25) is 0 Å². The van der Waals surface area contributed by atoms with E-state index in [1.54, 1.807) is 0 Å². The van der Waals surface area contributed by atoms with Crippen molar-refractivity contribution in [2.24, 2.45) is 0 Å². The summed E-state index contributed by atoms with van der Waals surface area (Å²) in [6, 6.07) is 3.12. The SMILES string of the molecule is C=CC(=O)OCCCCOC(=O)c1ccc(C(=O)O)cc1C(=O)O. The molecule has 1 aromatic rings. The smallest absolute Gasteiger partial charge is 0.339 e. The summed E-state index contributed by atoms with van der Waals surface area (Å²) in [7, 11) is 0. The molecule has 0 aliphatic rings. The first-order valence-electron chi connectivity index (χ1n) is 6.93. The van der Waals surface area contributed by atoms with E-state index in [4.69, 9.17) is 19.7 Å². The number of ether oxygens (including phenoxy) is 2. The number of carbonyl (C=O) groups is 4. The monoisotopic (exact) mass is 336 g/mol. The van der Waals surface area contributed by atoms with Crippen LogP contribution >= 0.6 is 0 Å². The zero-order valence-electron chi connectivity index (χ0n) is 12.7. The molecule has 0 aliphatic heterocycles. The van der Waals surface area contributed by atoms with Crippen molar-refractivity contribution < 1.29 is 38.9 Å². The van der Waals surface area contributed by atoms with Crippen molar-refractivity contribution in [2.45, 2.75) is 12.8 Å². The Morgan fingerprint density at radius 1 is 0.958 bits per heavy atom. The van der Waals surface area contributed by atoms with Crippen LogP contribution in [0, 0.1) is 0 Å². The number of unbranched alkanes of at least 4 members (excludes halogenated alkanes) is 1. The lowest BCUT2D eigenvalue weighted by Crippen LogP contribution is -2.14. The average Bonchev–Trinajstić information content (AvgIpc) is 2.56. The molecule has 0 saturated heterocycles. The Labute approximate surface area is 137 Å². The van der Waals surface area contributed by atoms with Crippen LogP contribution in [0.1, 0.15) is 43.9 Å². The second-order valence-corrected chi connectivity index (χ2v) is 4.59. The third-order valence-electron chi connectivity index (χ3n) is 2.90. The molecule has 0 bridgehead atoms. The van der Waals surface area contributed by atoms with Crippen molar-refractivity contribution in [3.8, 4) is 0 Å². The Balaban J connectivity index is 2.58. The molecule has 128 valence electrons. The third kappa shape index (κ3) is 5.56. The Hall–Kier alpha value is -3.16. The summed E-state index contributed by atoms with van der Waals surface area (Å²) >= 11 is 0. The van der Waals surface area contributed by atoms with Crippen LogP contribution in [-0.4, -0.2) is 47.3 Å². The van der Waals surface area contributed by atoms with Crippen LogP contribution < -0.4 is 0 Å². The van der Waals surface area contributed by atoms with E-state index in [-0.39, 0.29) is 24.3 Å². The minimum atomic E-state index is -1.43. The van der Waals surface area contributed by atoms with Gasteiger partial charge in [-0.25, -0.2) is 19.2 Å². The van der Waals surface area contributed by atoms with Gasteiger partial charge in [0, 0.05) is 6.08 Å². The van der Waals surface area contributed by atoms with Gasteiger partial charge in [0.05, 0.1) is 29.9 Å². The Bertz CT molecular complexity index is 662. The van der Waals surface area contributed by atoms with Crippen molar-refractivity contribution >= 4 is 23.9 Å². The molecule has 0 heterocycles. The number of aromatic carboxylic acids is 2. The number of hydrogen-bond acceptors (Lipinski definition) is 6. The van der Waals surface area contributed by atoms with Crippen molar-refractivity contribution in [1.29, 1.82) is 0 Å². The first-order valence-corrected chi connectivity index (χ1v) is 6.93. The predicted octanol–water partition coefficient (Wildman–Crippen LogP) is 1.75. The summed E-state index contributed by atoms with van der Waals surface area (Å²) in [4.78, 5) is 44.7. The van der Waals surface area contributed by atoms with E-state index < -0.39 is 29.4 Å². The molecule has 0 amide bonds. The molecule has 0 saturated carbocycles. The van der Waals surface area contributed by atoms with Gasteiger partial charge in [-0.2, -0.15) is 0 Å². The van der Waals surface area contributed by atoms with E-state index in [2.05, 4.69) is 6.58 Å². The summed E-state index contributed by atoms with van der Waals surface area (Å²) in [5, 5.41) is 17.9. The topological polar surface area (TPSA) is 127 Å². The highest BCUT2D eigenvalue weighted by atomic mass is 16.5. The molecular formula is C16H16O8. The summed E-state index contributed by atoms with van der Waals surface area (Å²) in [5.41, 5.74) is -0.918. The molecule has 0 aromatic heterocycles. The van der Waals surface area contributed by atoms with Gasteiger partial charge in [-0.05, 0) is 31.0 Å². The number of rotatable bonds is 9. The molecular weight excluding hydrogens is 320 g/mol. The van der Waals surface area contributed by atoms with E-state index in [0.717, 1.165) is 24.3 Å². The standard InChI is InChI=1S/C16H16O8/c1-2-13(17)23-7-3-4-8-24-16(22)11-6-5-10(14(18)19)9-12(11)15(20)21/h2,5-6,9H,1,3-4,7-8H2,(H,18,19)(H,20,21). The lowest BCUT2D eigenvalue weighted by molar-refractivity contribution is -0.137. The highest BCUT2D eigenvalue weighted by Gasteiger charge is 2.20. The van der Waals surface area contributed by atoms with Crippen LogP contribution in [0.5, 0.6) is 0 Å². The van der Waals surface area contributed by atoms with Gasteiger partial charge in [-0.15, -0.1) is 0 Å². The molecule has 0 spiro atoms. The van der Waals surface area contributed by atoms with E-state index in [0.29, 0.717) is 12.8 Å². The number of carboxylic acids is 2. The van der Waals surface area contributed by atoms with Gasteiger partial charge >= 0.3 is 23.9 Å². The minimum Gasteiger partial charge on any atom is -0.478 e. The predicted molar refractivity (Wildman–Crippen MR) is 81.0 cm³/mol. The quantitative estimate of drug-likeness (QED) is 0.396. The fourth-order valence-electron chi connectivity index (χ4n) is 1.71. The normalized spacial score (nSPS) is 9.83. The third-order valence-corrected chi connectivity index (χ3v) is 2.90. The molecule has 0 unspecified atom stereocenters. The Morgan fingerprint density at radius 2 is 1.58 bits per heavy atom. The highest BCUT2D eigenvalue weighted by molar-refractivity contribution is 6.04. The molecule has 0 fully saturated rings. The molecule has 24 heavy (non-hydrogen) atoms. The maximum atomic E-state index is 11.9. The lowest BCUT2D eigenvalue weighted by atomic mass is 10.0. The van der Waals surface area contributed by atoms with Crippen LogP contribution in [0.2, 0.25) is 0 Å².